The van der Waals surface area contributed by atoms with Crippen molar-refractivity contribution in [1.29, 1.82) is 0 Å². The first-order chi connectivity index (χ1) is 10.1. The Labute approximate surface area is 122 Å². The molecule has 10 heteroatoms. The SMILES string of the molecule is C/C(=N/NC(=O)C(N)=O)c1cccc(NC(=O)C(F)(F)F)c1. The number of nitrogens with one attached hydrogen (secondary N) is 2. The van der Waals surface area contributed by atoms with Gasteiger partial charge in [0.2, 0.25) is 0 Å². The first-order valence-electron chi connectivity index (χ1n) is 5.74. The number of hydrogen-bond donors (Lipinski definition) is 3. The van der Waals surface area contributed by atoms with Gasteiger partial charge in [0.15, 0.2) is 0 Å². The van der Waals surface area contributed by atoms with Crippen LogP contribution in [0.25, 0.3) is 0 Å². The molecule has 0 aliphatic rings. The summed E-state index contributed by atoms with van der Waals surface area (Å²) in [6, 6.07) is 5.34. The third-order valence-electron chi connectivity index (χ3n) is 2.34. The number of nitrogens with zero attached hydrogens (tertiary/aromatic N) is 1. The van der Waals surface area contributed by atoms with Crippen LogP contribution in [0.1, 0.15) is 12.5 Å². The predicted molar refractivity (Wildman–Crippen MR) is 70.7 cm³/mol. The van der Waals surface area contributed by atoms with E-state index in [0.717, 1.165) is 0 Å². The Kier molecular flexibility index (Phi) is 5.22. The summed E-state index contributed by atoms with van der Waals surface area (Å²) in [5, 5.41) is 5.25. The number of carbonyl (C=O) groups excluding carboxylic acids is 3. The Morgan fingerprint density at radius 3 is 2.41 bits per heavy atom. The van der Waals surface area contributed by atoms with E-state index in [4.69, 9.17) is 5.73 Å². The first-order valence-corrected chi connectivity index (χ1v) is 5.74. The summed E-state index contributed by atoms with van der Waals surface area (Å²) in [4.78, 5) is 32.3. The molecule has 0 bridgehead atoms. The molecule has 1 aromatic carbocycles. The van der Waals surface area contributed by atoms with E-state index in [9.17, 15) is 27.6 Å². The maximum absolute atomic E-state index is 12.2. The highest BCUT2D eigenvalue weighted by Crippen LogP contribution is 2.19. The van der Waals surface area contributed by atoms with Gasteiger partial charge in [-0.3, -0.25) is 14.4 Å². The Bertz CT molecular complexity index is 641. The molecule has 0 radical (unpaired) electrons. The molecule has 0 saturated carbocycles. The highest BCUT2D eigenvalue weighted by Gasteiger charge is 2.38. The van der Waals surface area contributed by atoms with Gasteiger partial charge in [-0.05, 0) is 24.6 Å². The van der Waals surface area contributed by atoms with Crippen molar-refractivity contribution in [2.75, 3.05) is 5.32 Å². The van der Waals surface area contributed by atoms with Crippen molar-refractivity contribution in [2.24, 2.45) is 10.8 Å². The number of benzene rings is 1. The highest BCUT2D eigenvalue weighted by molar-refractivity contribution is 6.34. The van der Waals surface area contributed by atoms with Crippen LogP contribution in [-0.2, 0) is 14.4 Å². The summed E-state index contributed by atoms with van der Waals surface area (Å²) < 4.78 is 36.5. The lowest BCUT2D eigenvalue weighted by atomic mass is 10.1. The van der Waals surface area contributed by atoms with Crippen LogP contribution in [0.2, 0.25) is 0 Å². The number of hydrazone groups is 1. The van der Waals surface area contributed by atoms with Crippen molar-refractivity contribution in [1.82, 2.24) is 5.43 Å². The molecular weight excluding hydrogens is 305 g/mol. The summed E-state index contributed by atoms with van der Waals surface area (Å²) in [5.74, 6) is -4.48. The van der Waals surface area contributed by atoms with E-state index in [2.05, 4.69) is 5.10 Å². The first kappa shape index (κ1) is 17.1. The Hall–Kier alpha value is -2.91. The molecule has 118 valence electrons. The van der Waals surface area contributed by atoms with Crippen molar-refractivity contribution in [3.63, 3.8) is 0 Å². The quantitative estimate of drug-likeness (QED) is 0.429. The zero-order valence-electron chi connectivity index (χ0n) is 11.2. The average Bonchev–Trinajstić information content (AvgIpc) is 2.43. The molecule has 1 aromatic rings. The molecule has 0 aliphatic heterocycles. The van der Waals surface area contributed by atoms with Crippen LogP contribution in [0.15, 0.2) is 29.4 Å². The lowest BCUT2D eigenvalue weighted by molar-refractivity contribution is -0.167. The number of hydrogen-bond acceptors (Lipinski definition) is 4. The van der Waals surface area contributed by atoms with Gasteiger partial charge in [0.1, 0.15) is 0 Å². The third kappa shape index (κ3) is 4.89. The lowest BCUT2D eigenvalue weighted by Gasteiger charge is -2.09. The molecule has 3 amide bonds. The number of rotatable bonds is 3. The molecule has 4 N–H and O–H groups in total. The molecule has 0 spiro atoms. The highest BCUT2D eigenvalue weighted by atomic mass is 19.4. The maximum atomic E-state index is 12.2. The zero-order chi connectivity index (χ0) is 16.9. The van der Waals surface area contributed by atoms with Crippen LogP contribution >= 0.6 is 0 Å². The normalized spacial score (nSPS) is 11.7. The van der Waals surface area contributed by atoms with E-state index in [0.29, 0.717) is 5.56 Å². The number of nitrogens with two attached hydrogens (primary N) is 1. The fourth-order valence-corrected chi connectivity index (χ4v) is 1.28. The molecule has 0 aliphatic carbocycles. The fourth-order valence-electron chi connectivity index (χ4n) is 1.28. The fraction of sp³-hybridized carbons (Fsp3) is 0.167. The Morgan fingerprint density at radius 2 is 1.86 bits per heavy atom. The van der Waals surface area contributed by atoms with Gasteiger partial charge < -0.3 is 11.1 Å². The summed E-state index contributed by atoms with van der Waals surface area (Å²) in [6.07, 6.45) is -5.01. The molecule has 0 heterocycles. The second kappa shape index (κ2) is 6.70. The van der Waals surface area contributed by atoms with E-state index in [-0.39, 0.29) is 11.4 Å². The number of halogens is 3. The number of anilines is 1. The summed E-state index contributed by atoms with van der Waals surface area (Å²) in [7, 11) is 0. The molecule has 7 nitrogen and oxygen atoms in total. The molecule has 0 aromatic heterocycles. The number of alkyl halides is 3. The van der Waals surface area contributed by atoms with Gasteiger partial charge in [0, 0.05) is 5.69 Å². The van der Waals surface area contributed by atoms with E-state index < -0.39 is 23.9 Å². The van der Waals surface area contributed by atoms with E-state index in [1.54, 1.807) is 5.32 Å². The van der Waals surface area contributed by atoms with E-state index >= 15 is 0 Å². The van der Waals surface area contributed by atoms with Crippen LogP contribution in [-0.4, -0.2) is 29.6 Å². The van der Waals surface area contributed by atoms with Gasteiger partial charge >= 0.3 is 23.9 Å². The average molecular weight is 316 g/mol. The topological polar surface area (TPSA) is 114 Å². The monoisotopic (exact) mass is 316 g/mol. The molecule has 22 heavy (non-hydrogen) atoms. The van der Waals surface area contributed by atoms with Crippen LogP contribution < -0.4 is 16.5 Å². The van der Waals surface area contributed by atoms with Gasteiger partial charge in [-0.2, -0.15) is 18.3 Å². The third-order valence-corrected chi connectivity index (χ3v) is 2.34. The Balaban J connectivity index is 2.87. The largest absolute Gasteiger partial charge is 0.471 e. The number of carbonyl (C=O) groups is 3. The summed E-state index contributed by atoms with van der Waals surface area (Å²) in [6.45, 7) is 1.44. The zero-order valence-corrected chi connectivity index (χ0v) is 11.2. The molecule has 0 atom stereocenters. The van der Waals surface area contributed by atoms with E-state index in [1.807, 2.05) is 5.43 Å². The predicted octanol–water partition coefficient (Wildman–Crippen LogP) is 0.513. The molecule has 0 fully saturated rings. The second-order valence-electron chi connectivity index (χ2n) is 4.04. The summed E-state index contributed by atoms with van der Waals surface area (Å²) in [5.41, 5.74) is 6.99. The second-order valence-corrected chi connectivity index (χ2v) is 4.04. The number of amides is 3. The number of primary amides is 1. The minimum Gasteiger partial charge on any atom is -0.361 e. The minimum atomic E-state index is -5.01. The van der Waals surface area contributed by atoms with Crippen molar-refractivity contribution in [2.45, 2.75) is 13.1 Å². The van der Waals surface area contributed by atoms with Crippen molar-refractivity contribution >= 4 is 29.1 Å². The van der Waals surface area contributed by atoms with E-state index in [1.165, 1.54) is 31.2 Å². The maximum Gasteiger partial charge on any atom is 0.471 e. The van der Waals surface area contributed by atoms with Crippen molar-refractivity contribution in [3.05, 3.63) is 29.8 Å². The van der Waals surface area contributed by atoms with Crippen molar-refractivity contribution in [3.8, 4) is 0 Å². The van der Waals surface area contributed by atoms with Crippen LogP contribution in [0, 0.1) is 0 Å². The smallest absolute Gasteiger partial charge is 0.361 e. The summed E-state index contributed by atoms with van der Waals surface area (Å²) >= 11 is 0. The van der Waals surface area contributed by atoms with Crippen LogP contribution in [0.5, 0.6) is 0 Å². The standard InChI is InChI=1S/C12H11F3N4O3/c1-6(18-19-10(21)9(16)20)7-3-2-4-8(5-7)17-11(22)12(13,14)15/h2-5H,1H3,(H2,16,20)(H,17,22)(H,19,21)/b18-6-. The molecule has 1 rings (SSSR count). The Morgan fingerprint density at radius 1 is 1.23 bits per heavy atom. The van der Waals surface area contributed by atoms with Gasteiger partial charge in [0.25, 0.3) is 0 Å². The van der Waals surface area contributed by atoms with Gasteiger partial charge in [-0.1, -0.05) is 12.1 Å². The van der Waals surface area contributed by atoms with Gasteiger partial charge in [-0.15, -0.1) is 0 Å². The molecular formula is C12H11F3N4O3. The lowest BCUT2D eigenvalue weighted by Crippen LogP contribution is -2.33. The molecule has 0 unspecified atom stereocenters. The van der Waals surface area contributed by atoms with Gasteiger partial charge in [-0.25, -0.2) is 5.43 Å². The molecule has 0 saturated heterocycles. The van der Waals surface area contributed by atoms with Crippen LogP contribution in [0.3, 0.4) is 0 Å². The minimum absolute atomic E-state index is 0.101. The van der Waals surface area contributed by atoms with Crippen molar-refractivity contribution < 1.29 is 27.6 Å². The van der Waals surface area contributed by atoms with Crippen LogP contribution in [0.4, 0.5) is 18.9 Å². The van der Waals surface area contributed by atoms with Gasteiger partial charge in [0.05, 0.1) is 5.71 Å².